The average molecular weight is 256 g/mol. The van der Waals surface area contributed by atoms with Crippen molar-refractivity contribution in [1.29, 1.82) is 0 Å². The molecular formula is C14H10ClN3. The minimum Gasteiger partial charge on any atom is -0.264 e. The van der Waals surface area contributed by atoms with Crippen molar-refractivity contribution in [3.05, 3.63) is 53.6 Å². The van der Waals surface area contributed by atoms with Crippen molar-refractivity contribution in [3.8, 4) is 11.1 Å². The first kappa shape index (κ1) is 11.1. The molecule has 3 rings (SSSR count). The van der Waals surface area contributed by atoms with E-state index in [0.717, 1.165) is 27.7 Å². The molecule has 88 valence electrons. The van der Waals surface area contributed by atoms with E-state index < -0.39 is 0 Å². The first-order chi connectivity index (χ1) is 8.74. The van der Waals surface area contributed by atoms with Crippen LogP contribution in [-0.2, 0) is 0 Å². The predicted molar refractivity (Wildman–Crippen MR) is 72.5 cm³/mol. The molecule has 0 fully saturated rings. The molecule has 0 spiro atoms. The second-order valence-electron chi connectivity index (χ2n) is 4.09. The Balaban J connectivity index is 2.22. The largest absolute Gasteiger partial charge is 0.264 e. The molecule has 3 heterocycles. The lowest BCUT2D eigenvalue weighted by atomic mass is 10.0. The van der Waals surface area contributed by atoms with Crippen LogP contribution in [0.1, 0.15) is 5.56 Å². The average Bonchev–Trinajstić information content (AvgIpc) is 2.38. The van der Waals surface area contributed by atoms with E-state index in [2.05, 4.69) is 15.0 Å². The smallest absolute Gasteiger partial charge is 0.129 e. The molecule has 0 saturated carbocycles. The molecule has 0 atom stereocenters. The highest BCUT2D eigenvalue weighted by Gasteiger charge is 2.04. The van der Waals surface area contributed by atoms with Crippen LogP contribution in [0.3, 0.4) is 0 Å². The summed E-state index contributed by atoms with van der Waals surface area (Å²) in [5.41, 5.74) is 4.89. The predicted octanol–water partition coefficient (Wildman–Crippen LogP) is 3.65. The fraction of sp³-hybridized carbons (Fsp3) is 0.0714. The molecule has 4 heteroatoms. The number of halogens is 1. The van der Waals surface area contributed by atoms with Crippen molar-refractivity contribution in [1.82, 2.24) is 15.0 Å². The molecule has 0 aliphatic heterocycles. The van der Waals surface area contributed by atoms with E-state index in [1.54, 1.807) is 12.3 Å². The zero-order valence-electron chi connectivity index (χ0n) is 9.76. The molecule has 0 bridgehead atoms. The van der Waals surface area contributed by atoms with Crippen molar-refractivity contribution in [3.63, 3.8) is 0 Å². The van der Waals surface area contributed by atoms with Crippen LogP contribution in [0.2, 0.25) is 5.15 Å². The summed E-state index contributed by atoms with van der Waals surface area (Å²) in [6.45, 7) is 2.03. The zero-order chi connectivity index (χ0) is 12.5. The highest BCUT2D eigenvalue weighted by molar-refractivity contribution is 6.29. The second kappa shape index (κ2) is 4.35. The van der Waals surface area contributed by atoms with Crippen LogP contribution >= 0.6 is 11.6 Å². The zero-order valence-corrected chi connectivity index (χ0v) is 10.5. The number of hydrogen-bond acceptors (Lipinski definition) is 3. The Labute approximate surface area is 109 Å². The SMILES string of the molecule is Cc1cnccc1-c1cnc2ccc(Cl)nc2c1. The topological polar surface area (TPSA) is 38.7 Å². The Morgan fingerprint density at radius 2 is 1.94 bits per heavy atom. The molecule has 0 aliphatic rings. The maximum atomic E-state index is 5.90. The van der Waals surface area contributed by atoms with Gasteiger partial charge in [-0.25, -0.2) is 4.98 Å². The maximum Gasteiger partial charge on any atom is 0.129 e. The number of pyridine rings is 3. The molecule has 0 aliphatic carbocycles. The normalized spacial score (nSPS) is 10.8. The molecule has 18 heavy (non-hydrogen) atoms. The van der Waals surface area contributed by atoms with Gasteiger partial charge in [0.2, 0.25) is 0 Å². The van der Waals surface area contributed by atoms with Crippen molar-refractivity contribution < 1.29 is 0 Å². The highest BCUT2D eigenvalue weighted by atomic mass is 35.5. The monoisotopic (exact) mass is 255 g/mol. The molecule has 0 radical (unpaired) electrons. The van der Waals surface area contributed by atoms with E-state index in [4.69, 9.17) is 11.6 Å². The molecule has 3 aromatic rings. The maximum absolute atomic E-state index is 5.90. The van der Waals surface area contributed by atoms with Gasteiger partial charge in [-0.15, -0.1) is 0 Å². The first-order valence-electron chi connectivity index (χ1n) is 5.57. The number of nitrogens with zero attached hydrogens (tertiary/aromatic N) is 3. The Morgan fingerprint density at radius 1 is 1.06 bits per heavy atom. The third-order valence-corrected chi connectivity index (χ3v) is 3.05. The third-order valence-electron chi connectivity index (χ3n) is 2.83. The van der Waals surface area contributed by atoms with Crippen molar-refractivity contribution >= 4 is 22.6 Å². The Morgan fingerprint density at radius 3 is 2.78 bits per heavy atom. The lowest BCUT2D eigenvalue weighted by Crippen LogP contribution is -1.88. The number of rotatable bonds is 1. The van der Waals surface area contributed by atoms with Gasteiger partial charge in [0.1, 0.15) is 5.15 Å². The summed E-state index contributed by atoms with van der Waals surface area (Å²) in [5, 5.41) is 0.480. The fourth-order valence-corrected chi connectivity index (χ4v) is 2.08. The van der Waals surface area contributed by atoms with Crippen LogP contribution in [0.4, 0.5) is 0 Å². The van der Waals surface area contributed by atoms with Gasteiger partial charge in [-0.2, -0.15) is 0 Å². The molecule has 0 unspecified atom stereocenters. The molecular weight excluding hydrogens is 246 g/mol. The van der Waals surface area contributed by atoms with E-state index >= 15 is 0 Å². The number of fused-ring (bicyclic) bond motifs is 1. The number of aromatic nitrogens is 3. The lowest BCUT2D eigenvalue weighted by molar-refractivity contribution is 1.26. The second-order valence-corrected chi connectivity index (χ2v) is 4.47. The summed E-state index contributed by atoms with van der Waals surface area (Å²) in [6, 6.07) is 7.58. The minimum absolute atomic E-state index is 0.480. The Hall–Kier alpha value is -2.00. The van der Waals surface area contributed by atoms with E-state index in [1.807, 2.05) is 37.5 Å². The van der Waals surface area contributed by atoms with Crippen molar-refractivity contribution in [2.24, 2.45) is 0 Å². The molecule has 0 aromatic carbocycles. The minimum atomic E-state index is 0.480. The van der Waals surface area contributed by atoms with E-state index in [9.17, 15) is 0 Å². The van der Waals surface area contributed by atoms with Crippen LogP contribution in [0.15, 0.2) is 42.9 Å². The van der Waals surface area contributed by atoms with Gasteiger partial charge in [-0.05, 0) is 42.3 Å². The standard InChI is InChI=1S/C14H10ClN3/c1-9-7-16-5-4-11(9)10-6-13-12(17-8-10)2-3-14(15)18-13/h2-8H,1H3. The van der Waals surface area contributed by atoms with Gasteiger partial charge < -0.3 is 0 Å². The van der Waals surface area contributed by atoms with Crippen LogP contribution in [0.25, 0.3) is 22.2 Å². The summed E-state index contributed by atoms with van der Waals surface area (Å²) in [4.78, 5) is 12.8. The van der Waals surface area contributed by atoms with E-state index in [-0.39, 0.29) is 0 Å². The van der Waals surface area contributed by atoms with Gasteiger partial charge in [0.05, 0.1) is 11.0 Å². The molecule has 0 amide bonds. The van der Waals surface area contributed by atoms with Crippen LogP contribution in [0.5, 0.6) is 0 Å². The quantitative estimate of drug-likeness (QED) is 0.623. The summed E-state index contributed by atoms with van der Waals surface area (Å²) < 4.78 is 0. The van der Waals surface area contributed by atoms with Gasteiger partial charge in [0.15, 0.2) is 0 Å². The van der Waals surface area contributed by atoms with E-state index in [1.165, 1.54) is 0 Å². The van der Waals surface area contributed by atoms with Crippen molar-refractivity contribution in [2.45, 2.75) is 6.92 Å². The molecule has 3 nitrogen and oxygen atoms in total. The molecule has 0 saturated heterocycles. The fourth-order valence-electron chi connectivity index (χ4n) is 1.93. The number of hydrogen-bond donors (Lipinski definition) is 0. The Kier molecular flexibility index (Phi) is 2.68. The number of aryl methyl sites for hydroxylation is 1. The van der Waals surface area contributed by atoms with E-state index in [0.29, 0.717) is 5.15 Å². The van der Waals surface area contributed by atoms with Gasteiger partial charge in [-0.1, -0.05) is 11.6 Å². The Bertz CT molecular complexity index is 725. The summed E-state index contributed by atoms with van der Waals surface area (Å²) in [6.07, 6.45) is 5.46. The van der Waals surface area contributed by atoms with Crippen molar-refractivity contribution in [2.75, 3.05) is 0 Å². The summed E-state index contributed by atoms with van der Waals surface area (Å²) in [7, 11) is 0. The first-order valence-corrected chi connectivity index (χ1v) is 5.95. The van der Waals surface area contributed by atoms with Crippen LogP contribution in [-0.4, -0.2) is 15.0 Å². The lowest BCUT2D eigenvalue weighted by Gasteiger charge is -2.05. The molecule has 3 aromatic heterocycles. The molecule has 0 N–H and O–H groups in total. The summed E-state index contributed by atoms with van der Waals surface area (Å²) in [5.74, 6) is 0. The van der Waals surface area contributed by atoms with Gasteiger partial charge in [0.25, 0.3) is 0 Å². The van der Waals surface area contributed by atoms with Gasteiger partial charge in [-0.3, -0.25) is 9.97 Å². The highest BCUT2D eigenvalue weighted by Crippen LogP contribution is 2.24. The van der Waals surface area contributed by atoms with Crippen LogP contribution < -0.4 is 0 Å². The van der Waals surface area contributed by atoms with Gasteiger partial charge >= 0.3 is 0 Å². The van der Waals surface area contributed by atoms with Gasteiger partial charge in [0, 0.05) is 24.2 Å². The third kappa shape index (κ3) is 1.93. The van der Waals surface area contributed by atoms with Crippen LogP contribution in [0, 0.1) is 6.92 Å². The summed E-state index contributed by atoms with van der Waals surface area (Å²) >= 11 is 5.90.